The van der Waals surface area contributed by atoms with E-state index in [9.17, 15) is 9.59 Å². The van der Waals surface area contributed by atoms with Crippen LogP contribution in [0.4, 0.5) is 4.79 Å². The second kappa shape index (κ2) is 5.83. The summed E-state index contributed by atoms with van der Waals surface area (Å²) in [7, 11) is 0. The summed E-state index contributed by atoms with van der Waals surface area (Å²) in [5.74, 6) is -0.583. The van der Waals surface area contributed by atoms with Crippen molar-refractivity contribution in [3.8, 4) is 0 Å². The Morgan fingerprint density at radius 3 is 2.48 bits per heavy atom. The Balaban J connectivity index is 1.60. The topological polar surface area (TPSA) is 71.7 Å². The van der Waals surface area contributed by atoms with E-state index in [0.717, 1.165) is 17.6 Å². The molecule has 2 amide bonds. The molecule has 2 saturated heterocycles. The SMILES string of the molecule is CC(=O)N(Cl)C(=O)OC1C=C(C2(c3ccccc3)CO2)C2(CC1)CO2. The molecule has 6 nitrogen and oxygen atoms in total. The van der Waals surface area contributed by atoms with Crippen LogP contribution < -0.4 is 0 Å². The summed E-state index contributed by atoms with van der Waals surface area (Å²) in [5.41, 5.74) is 1.23. The van der Waals surface area contributed by atoms with Gasteiger partial charge in [-0.05, 0) is 24.5 Å². The van der Waals surface area contributed by atoms with Gasteiger partial charge in [-0.2, -0.15) is 4.42 Å². The molecule has 1 aliphatic carbocycles. The zero-order valence-electron chi connectivity index (χ0n) is 13.7. The van der Waals surface area contributed by atoms with Crippen molar-refractivity contribution in [1.29, 1.82) is 0 Å². The molecule has 7 heteroatoms. The second-order valence-electron chi connectivity index (χ2n) is 6.61. The Bertz CT molecular complexity index is 739. The first-order valence-corrected chi connectivity index (χ1v) is 8.54. The van der Waals surface area contributed by atoms with Gasteiger partial charge in [0.05, 0.1) is 13.2 Å². The van der Waals surface area contributed by atoms with Crippen molar-refractivity contribution in [3.63, 3.8) is 0 Å². The van der Waals surface area contributed by atoms with E-state index in [-0.39, 0.29) is 5.60 Å². The predicted octanol–water partition coefficient (Wildman–Crippen LogP) is 2.91. The van der Waals surface area contributed by atoms with Crippen LogP contribution in [0.2, 0.25) is 0 Å². The lowest BCUT2D eigenvalue weighted by Crippen LogP contribution is -2.36. The molecule has 132 valence electrons. The van der Waals surface area contributed by atoms with Crippen LogP contribution in [0.15, 0.2) is 42.0 Å². The number of epoxide rings is 2. The fourth-order valence-corrected chi connectivity index (χ4v) is 3.52. The van der Waals surface area contributed by atoms with Crippen molar-refractivity contribution in [3.05, 3.63) is 47.5 Å². The minimum atomic E-state index is -0.868. The van der Waals surface area contributed by atoms with Gasteiger partial charge >= 0.3 is 6.09 Å². The Hall–Kier alpha value is -1.89. The largest absolute Gasteiger partial charge is 0.441 e. The molecule has 3 unspecified atom stereocenters. The number of carbonyl (C=O) groups excluding carboxylic acids is 2. The van der Waals surface area contributed by atoms with Crippen LogP contribution in [0.1, 0.15) is 25.3 Å². The van der Waals surface area contributed by atoms with Gasteiger partial charge in [-0.15, -0.1) is 0 Å². The molecule has 3 aliphatic rings. The van der Waals surface area contributed by atoms with Gasteiger partial charge in [0.15, 0.2) is 0 Å². The molecule has 3 atom stereocenters. The number of carbonyl (C=O) groups is 2. The Morgan fingerprint density at radius 2 is 1.92 bits per heavy atom. The van der Waals surface area contributed by atoms with E-state index in [2.05, 4.69) is 0 Å². The van der Waals surface area contributed by atoms with Gasteiger partial charge < -0.3 is 14.2 Å². The molecule has 0 radical (unpaired) electrons. The molecule has 1 aromatic rings. The maximum Gasteiger partial charge on any atom is 0.432 e. The Morgan fingerprint density at radius 1 is 1.24 bits per heavy atom. The predicted molar refractivity (Wildman–Crippen MR) is 88.7 cm³/mol. The van der Waals surface area contributed by atoms with Gasteiger partial charge in [-0.25, -0.2) is 4.79 Å². The lowest BCUT2D eigenvalue weighted by Gasteiger charge is -2.30. The number of amides is 2. The van der Waals surface area contributed by atoms with Crippen molar-refractivity contribution in [2.45, 2.75) is 37.1 Å². The highest BCUT2D eigenvalue weighted by atomic mass is 35.5. The summed E-state index contributed by atoms with van der Waals surface area (Å²) in [6.45, 7) is 2.42. The zero-order valence-corrected chi connectivity index (χ0v) is 14.5. The summed E-state index contributed by atoms with van der Waals surface area (Å²) >= 11 is 5.63. The average molecular weight is 364 g/mol. The molecule has 2 aliphatic heterocycles. The van der Waals surface area contributed by atoms with E-state index in [1.807, 2.05) is 36.4 Å². The monoisotopic (exact) mass is 363 g/mol. The van der Waals surface area contributed by atoms with Crippen LogP contribution >= 0.6 is 11.8 Å². The van der Waals surface area contributed by atoms with E-state index in [0.29, 0.717) is 24.1 Å². The molecular weight excluding hydrogens is 346 g/mol. The third-order valence-electron chi connectivity index (χ3n) is 4.97. The van der Waals surface area contributed by atoms with E-state index in [1.54, 1.807) is 0 Å². The average Bonchev–Trinajstić information content (AvgIpc) is 3.53. The molecule has 1 spiro atoms. The molecule has 0 bridgehead atoms. The quantitative estimate of drug-likeness (QED) is 0.469. The fraction of sp³-hybridized carbons (Fsp3) is 0.444. The van der Waals surface area contributed by atoms with E-state index in [4.69, 9.17) is 26.0 Å². The van der Waals surface area contributed by atoms with Crippen LogP contribution in [0.3, 0.4) is 0 Å². The number of hydrogen-bond donors (Lipinski definition) is 0. The van der Waals surface area contributed by atoms with Gasteiger partial charge in [0.25, 0.3) is 0 Å². The first-order chi connectivity index (χ1) is 12.0. The van der Waals surface area contributed by atoms with Crippen molar-refractivity contribution in [2.24, 2.45) is 0 Å². The Kier molecular flexibility index (Phi) is 3.86. The van der Waals surface area contributed by atoms with E-state index < -0.39 is 23.7 Å². The first-order valence-electron chi connectivity index (χ1n) is 8.20. The van der Waals surface area contributed by atoms with Gasteiger partial charge in [0.2, 0.25) is 5.91 Å². The van der Waals surface area contributed by atoms with Crippen molar-refractivity contribution >= 4 is 23.8 Å². The number of rotatable bonds is 3. The summed E-state index contributed by atoms with van der Waals surface area (Å²) in [4.78, 5) is 23.1. The highest BCUT2D eigenvalue weighted by molar-refractivity contribution is 6.28. The van der Waals surface area contributed by atoms with E-state index in [1.165, 1.54) is 6.92 Å². The van der Waals surface area contributed by atoms with Crippen LogP contribution in [-0.2, 0) is 24.6 Å². The number of halogens is 1. The molecule has 0 N–H and O–H groups in total. The number of imide groups is 1. The zero-order chi connectivity index (χ0) is 17.7. The highest BCUT2D eigenvalue weighted by Gasteiger charge is 2.63. The lowest BCUT2D eigenvalue weighted by atomic mass is 9.77. The first kappa shape index (κ1) is 16.6. The summed E-state index contributed by atoms with van der Waals surface area (Å²) < 4.78 is 17.4. The highest BCUT2D eigenvalue weighted by Crippen LogP contribution is 2.57. The molecular formula is C18H18ClNO5. The minimum Gasteiger partial charge on any atom is -0.441 e. The van der Waals surface area contributed by atoms with Gasteiger partial charge in [-0.3, -0.25) is 4.79 Å². The summed E-state index contributed by atoms with van der Waals surface area (Å²) in [6, 6.07) is 9.95. The lowest BCUT2D eigenvalue weighted by molar-refractivity contribution is -0.123. The van der Waals surface area contributed by atoms with Crippen molar-refractivity contribution in [2.75, 3.05) is 13.2 Å². The van der Waals surface area contributed by atoms with Gasteiger partial charge in [-0.1, -0.05) is 30.3 Å². The van der Waals surface area contributed by atoms with Crippen molar-refractivity contribution in [1.82, 2.24) is 4.42 Å². The number of nitrogens with zero attached hydrogens (tertiary/aromatic N) is 1. The smallest absolute Gasteiger partial charge is 0.432 e. The van der Waals surface area contributed by atoms with Crippen molar-refractivity contribution < 1.29 is 23.8 Å². The summed E-state index contributed by atoms with van der Waals surface area (Å²) in [6.07, 6.45) is 1.91. The molecule has 0 aromatic heterocycles. The maximum atomic E-state index is 11.9. The molecule has 0 saturated carbocycles. The number of benzene rings is 1. The normalized spacial score (nSPS) is 32.7. The third kappa shape index (κ3) is 2.84. The van der Waals surface area contributed by atoms with Crippen LogP contribution in [0.25, 0.3) is 0 Å². The molecule has 25 heavy (non-hydrogen) atoms. The number of hydrogen-bond acceptors (Lipinski definition) is 5. The molecule has 1 aromatic carbocycles. The molecule has 2 heterocycles. The van der Waals surface area contributed by atoms with E-state index >= 15 is 0 Å². The van der Waals surface area contributed by atoms with Crippen LogP contribution in [0, 0.1) is 0 Å². The third-order valence-corrected chi connectivity index (χ3v) is 5.34. The minimum absolute atomic E-state index is 0.323. The second-order valence-corrected chi connectivity index (χ2v) is 6.94. The molecule has 4 rings (SSSR count). The fourth-order valence-electron chi connectivity index (χ4n) is 3.48. The maximum absolute atomic E-state index is 11.9. The Labute approximate surface area is 150 Å². The summed E-state index contributed by atoms with van der Waals surface area (Å²) in [5, 5.41) is 0. The number of ether oxygens (including phenoxy) is 3. The molecule has 2 fully saturated rings. The standard InChI is InChI=1S/C18H18ClNO5/c1-12(21)20(19)16(22)25-14-7-8-17(10-23-17)15(9-14)18(11-24-18)13-5-3-2-4-6-13/h2-6,9,14H,7-8,10-11H2,1H3. The van der Waals surface area contributed by atoms with Crippen LogP contribution in [0.5, 0.6) is 0 Å². The van der Waals surface area contributed by atoms with Crippen LogP contribution in [-0.4, -0.2) is 41.3 Å². The van der Waals surface area contributed by atoms with Gasteiger partial charge in [0.1, 0.15) is 17.3 Å². The van der Waals surface area contributed by atoms with Gasteiger partial charge in [0, 0.05) is 24.3 Å².